The fraction of sp³-hybridized carbons (Fsp3) is 0.533. The highest BCUT2D eigenvalue weighted by Crippen LogP contribution is 2.19. The van der Waals surface area contributed by atoms with Crippen molar-refractivity contribution in [3.05, 3.63) is 29.8 Å². The van der Waals surface area contributed by atoms with Gasteiger partial charge in [-0.1, -0.05) is 44.7 Å². The number of nitrogens with zero attached hydrogens (tertiary/aromatic N) is 1. The highest BCUT2D eigenvalue weighted by atomic mass is 15.1. The third kappa shape index (κ3) is 4.40. The standard InChI is InChI=1S/C15H25N3/c1-3-4-5-6-9-12-18(2)14-11-8-7-10-13(14)15(16)17/h7-8,10-11H,3-6,9,12H2,1-2H3,(H3,16,17). The van der Waals surface area contributed by atoms with Crippen molar-refractivity contribution in [2.45, 2.75) is 39.0 Å². The van der Waals surface area contributed by atoms with Gasteiger partial charge in [-0.2, -0.15) is 0 Å². The number of nitrogen functional groups attached to an aromatic ring is 1. The lowest BCUT2D eigenvalue weighted by Gasteiger charge is -2.22. The van der Waals surface area contributed by atoms with Gasteiger partial charge in [0, 0.05) is 24.8 Å². The number of nitrogens with one attached hydrogen (secondary N) is 1. The first kappa shape index (κ1) is 14.6. The van der Waals surface area contributed by atoms with Gasteiger partial charge < -0.3 is 10.6 Å². The van der Waals surface area contributed by atoms with Crippen molar-refractivity contribution < 1.29 is 0 Å². The average molecular weight is 247 g/mol. The number of benzene rings is 1. The molecular formula is C15H25N3. The zero-order valence-electron chi connectivity index (χ0n) is 11.6. The largest absolute Gasteiger partial charge is 0.384 e. The van der Waals surface area contributed by atoms with Crippen molar-refractivity contribution in [2.24, 2.45) is 5.73 Å². The van der Waals surface area contributed by atoms with Gasteiger partial charge in [0.05, 0.1) is 0 Å². The summed E-state index contributed by atoms with van der Waals surface area (Å²) in [5.41, 5.74) is 7.49. The van der Waals surface area contributed by atoms with E-state index in [0.29, 0.717) is 0 Å². The first-order chi connectivity index (χ1) is 8.66. The zero-order chi connectivity index (χ0) is 13.4. The first-order valence-corrected chi connectivity index (χ1v) is 6.81. The van der Waals surface area contributed by atoms with Crippen LogP contribution < -0.4 is 10.6 Å². The van der Waals surface area contributed by atoms with E-state index in [1.807, 2.05) is 24.3 Å². The van der Waals surface area contributed by atoms with E-state index in [9.17, 15) is 0 Å². The molecule has 0 radical (unpaired) electrons. The minimum Gasteiger partial charge on any atom is -0.384 e. The number of anilines is 1. The first-order valence-electron chi connectivity index (χ1n) is 6.81. The minimum atomic E-state index is 0.142. The van der Waals surface area contributed by atoms with Crippen LogP contribution in [0.25, 0.3) is 0 Å². The molecule has 0 aliphatic rings. The molecule has 0 unspecified atom stereocenters. The number of nitrogens with two attached hydrogens (primary N) is 1. The van der Waals surface area contributed by atoms with E-state index in [0.717, 1.165) is 17.8 Å². The summed E-state index contributed by atoms with van der Waals surface area (Å²) in [5, 5.41) is 7.59. The van der Waals surface area contributed by atoms with Crippen molar-refractivity contribution in [3.8, 4) is 0 Å². The fourth-order valence-corrected chi connectivity index (χ4v) is 2.11. The Morgan fingerprint density at radius 1 is 1.17 bits per heavy atom. The molecule has 100 valence electrons. The molecule has 0 atom stereocenters. The molecule has 0 fully saturated rings. The second-order valence-corrected chi connectivity index (χ2v) is 4.77. The van der Waals surface area contributed by atoms with Crippen LogP contribution in [0.3, 0.4) is 0 Å². The van der Waals surface area contributed by atoms with Gasteiger partial charge in [0.25, 0.3) is 0 Å². The van der Waals surface area contributed by atoms with Gasteiger partial charge in [-0.15, -0.1) is 0 Å². The van der Waals surface area contributed by atoms with E-state index < -0.39 is 0 Å². The molecule has 1 aromatic rings. The number of amidine groups is 1. The topological polar surface area (TPSA) is 53.1 Å². The summed E-state index contributed by atoms with van der Waals surface area (Å²) in [6, 6.07) is 7.86. The predicted molar refractivity (Wildman–Crippen MR) is 79.5 cm³/mol. The monoisotopic (exact) mass is 247 g/mol. The van der Waals surface area contributed by atoms with Crippen molar-refractivity contribution in [1.29, 1.82) is 5.41 Å². The maximum atomic E-state index is 7.59. The van der Waals surface area contributed by atoms with Crippen molar-refractivity contribution in [1.82, 2.24) is 0 Å². The van der Waals surface area contributed by atoms with Gasteiger partial charge in [0.15, 0.2) is 0 Å². The Hall–Kier alpha value is -1.51. The average Bonchev–Trinajstić information content (AvgIpc) is 2.38. The molecular weight excluding hydrogens is 222 g/mol. The number of rotatable bonds is 8. The Kier molecular flexibility index (Phi) is 6.26. The molecule has 1 aromatic carbocycles. The summed E-state index contributed by atoms with van der Waals surface area (Å²) >= 11 is 0. The van der Waals surface area contributed by atoms with Crippen LogP contribution in [-0.4, -0.2) is 19.4 Å². The number of hydrogen-bond donors (Lipinski definition) is 2. The van der Waals surface area contributed by atoms with Crippen LogP contribution in [-0.2, 0) is 0 Å². The summed E-state index contributed by atoms with van der Waals surface area (Å²) < 4.78 is 0. The third-order valence-corrected chi connectivity index (χ3v) is 3.20. The van der Waals surface area contributed by atoms with Crippen molar-refractivity contribution in [2.75, 3.05) is 18.5 Å². The summed E-state index contributed by atoms with van der Waals surface area (Å²) in [7, 11) is 2.07. The SMILES string of the molecule is CCCCCCCN(C)c1ccccc1C(=N)N. The zero-order valence-corrected chi connectivity index (χ0v) is 11.6. The Bertz CT molecular complexity index is 374. The maximum absolute atomic E-state index is 7.59. The van der Waals surface area contributed by atoms with Crippen LogP contribution in [0.4, 0.5) is 5.69 Å². The van der Waals surface area contributed by atoms with E-state index in [1.54, 1.807) is 0 Å². The van der Waals surface area contributed by atoms with Crippen molar-refractivity contribution >= 4 is 11.5 Å². The second kappa shape index (κ2) is 7.75. The number of unbranched alkanes of at least 4 members (excludes halogenated alkanes) is 4. The number of hydrogen-bond acceptors (Lipinski definition) is 2. The molecule has 0 saturated carbocycles. The van der Waals surface area contributed by atoms with Crippen LogP contribution in [0.2, 0.25) is 0 Å². The smallest absolute Gasteiger partial charge is 0.124 e. The molecule has 18 heavy (non-hydrogen) atoms. The Labute approximate surface area is 111 Å². The summed E-state index contributed by atoms with van der Waals surface area (Å²) in [6.07, 6.45) is 6.40. The van der Waals surface area contributed by atoms with E-state index in [2.05, 4.69) is 18.9 Å². The highest BCUT2D eigenvalue weighted by molar-refractivity contribution is 6.00. The fourth-order valence-electron chi connectivity index (χ4n) is 2.11. The van der Waals surface area contributed by atoms with Crippen LogP contribution >= 0.6 is 0 Å². The molecule has 0 bridgehead atoms. The van der Waals surface area contributed by atoms with E-state index in [4.69, 9.17) is 11.1 Å². The quantitative estimate of drug-likeness (QED) is 0.420. The van der Waals surface area contributed by atoms with E-state index in [1.165, 1.54) is 32.1 Å². The Balaban J connectivity index is 2.51. The van der Waals surface area contributed by atoms with Crippen LogP contribution in [0, 0.1) is 5.41 Å². The lowest BCUT2D eigenvalue weighted by Crippen LogP contribution is -2.23. The molecule has 3 N–H and O–H groups in total. The third-order valence-electron chi connectivity index (χ3n) is 3.20. The van der Waals surface area contributed by atoms with Gasteiger partial charge in [-0.3, -0.25) is 5.41 Å². The molecule has 0 saturated heterocycles. The molecule has 1 rings (SSSR count). The summed E-state index contributed by atoms with van der Waals surface area (Å²) in [6.45, 7) is 3.25. The number of para-hydroxylation sites is 1. The van der Waals surface area contributed by atoms with E-state index in [-0.39, 0.29) is 5.84 Å². The van der Waals surface area contributed by atoms with Gasteiger partial charge >= 0.3 is 0 Å². The van der Waals surface area contributed by atoms with Gasteiger partial charge in [-0.25, -0.2) is 0 Å². The molecule has 0 aromatic heterocycles. The minimum absolute atomic E-state index is 0.142. The normalized spacial score (nSPS) is 10.3. The van der Waals surface area contributed by atoms with Crippen LogP contribution in [0.5, 0.6) is 0 Å². The molecule has 0 heterocycles. The van der Waals surface area contributed by atoms with Gasteiger partial charge in [0.1, 0.15) is 5.84 Å². The Morgan fingerprint density at radius 3 is 2.50 bits per heavy atom. The summed E-state index contributed by atoms with van der Waals surface area (Å²) in [4.78, 5) is 2.20. The molecule has 3 heteroatoms. The maximum Gasteiger partial charge on any atom is 0.124 e. The van der Waals surface area contributed by atoms with E-state index >= 15 is 0 Å². The molecule has 0 aliphatic carbocycles. The molecule has 0 spiro atoms. The molecule has 0 amide bonds. The second-order valence-electron chi connectivity index (χ2n) is 4.77. The van der Waals surface area contributed by atoms with Crippen LogP contribution in [0.1, 0.15) is 44.6 Å². The summed E-state index contributed by atoms with van der Waals surface area (Å²) in [5.74, 6) is 0.142. The van der Waals surface area contributed by atoms with Crippen LogP contribution in [0.15, 0.2) is 24.3 Å². The lowest BCUT2D eigenvalue weighted by atomic mass is 10.1. The molecule has 0 aliphatic heterocycles. The van der Waals surface area contributed by atoms with Gasteiger partial charge in [0.2, 0.25) is 0 Å². The molecule has 3 nitrogen and oxygen atoms in total. The Morgan fingerprint density at radius 2 is 1.83 bits per heavy atom. The van der Waals surface area contributed by atoms with Gasteiger partial charge in [-0.05, 0) is 18.6 Å². The highest BCUT2D eigenvalue weighted by Gasteiger charge is 2.08. The lowest BCUT2D eigenvalue weighted by molar-refractivity contribution is 0.629. The predicted octanol–water partition coefficient (Wildman–Crippen LogP) is 3.38. The van der Waals surface area contributed by atoms with Crippen molar-refractivity contribution in [3.63, 3.8) is 0 Å².